The van der Waals surface area contributed by atoms with Gasteiger partial charge in [0, 0.05) is 0 Å². The van der Waals surface area contributed by atoms with Crippen LogP contribution in [0.1, 0.15) is 44.4 Å². The summed E-state index contributed by atoms with van der Waals surface area (Å²) >= 11 is 3.22. The van der Waals surface area contributed by atoms with Gasteiger partial charge < -0.3 is 18.7 Å². The molecule has 0 radical (unpaired) electrons. The Labute approximate surface area is 158 Å². The molecule has 6 rings (SSSR count). The summed E-state index contributed by atoms with van der Waals surface area (Å²) in [6.45, 7) is -0.0662. The van der Waals surface area contributed by atoms with Crippen molar-refractivity contribution in [1.29, 1.82) is 0 Å². The molecule has 7 nitrogen and oxygen atoms in total. The van der Waals surface area contributed by atoms with E-state index in [1.54, 1.807) is 12.1 Å². The molecule has 2 heterocycles. The predicted octanol–water partition coefficient (Wildman–Crippen LogP) is 3.47. The summed E-state index contributed by atoms with van der Waals surface area (Å²) < 4.78 is 17.0. The maximum Gasteiger partial charge on any atom is 0.312 e. The van der Waals surface area contributed by atoms with Gasteiger partial charge in [-0.2, -0.15) is 0 Å². The van der Waals surface area contributed by atoms with E-state index in [1.165, 1.54) is 0 Å². The number of rotatable bonds is 4. The molecule has 4 bridgehead atoms. The molecule has 2 aromatic rings. The van der Waals surface area contributed by atoms with Gasteiger partial charge in [-0.3, -0.25) is 4.79 Å². The normalized spacial score (nSPS) is 35.0. The predicted molar refractivity (Wildman–Crippen MR) is 91.6 cm³/mol. The molecule has 0 amide bonds. The SMILES string of the molecule is O=C(OCc1nnc(-c2ccc(Br)o2)o1)C12CC3CC(CC(O)(C3)C1)C2. The highest BCUT2D eigenvalue weighted by molar-refractivity contribution is 9.10. The van der Waals surface area contributed by atoms with Crippen molar-refractivity contribution in [2.75, 3.05) is 0 Å². The molecule has 4 saturated carbocycles. The number of aromatic nitrogens is 2. The van der Waals surface area contributed by atoms with E-state index in [2.05, 4.69) is 26.1 Å². The van der Waals surface area contributed by atoms with Crippen LogP contribution in [0.15, 0.2) is 25.6 Å². The number of furan rings is 1. The molecule has 0 saturated heterocycles. The highest BCUT2D eigenvalue weighted by Gasteiger charge is 2.60. The van der Waals surface area contributed by atoms with E-state index < -0.39 is 11.0 Å². The summed E-state index contributed by atoms with van der Waals surface area (Å²) in [6, 6.07) is 3.44. The van der Waals surface area contributed by atoms with Gasteiger partial charge in [-0.05, 0) is 78.4 Å². The standard InChI is InChI=1S/C18H19BrN2O5/c19-13-2-1-12(25-13)15-21-20-14(26-15)8-24-16(22)17-4-10-3-11(5-17)7-18(23,6-10)9-17/h1-2,10-11,23H,3-9H2. The summed E-state index contributed by atoms with van der Waals surface area (Å²) in [5, 5.41) is 18.6. The average molecular weight is 423 g/mol. The largest absolute Gasteiger partial charge is 0.455 e. The van der Waals surface area contributed by atoms with Gasteiger partial charge in [0.2, 0.25) is 0 Å². The van der Waals surface area contributed by atoms with Gasteiger partial charge in [-0.15, -0.1) is 10.2 Å². The smallest absolute Gasteiger partial charge is 0.312 e. The third-order valence-electron chi connectivity index (χ3n) is 6.04. The minimum absolute atomic E-state index is 0.0662. The van der Waals surface area contributed by atoms with Crippen LogP contribution in [0.25, 0.3) is 11.7 Å². The molecular formula is C18H19BrN2O5. The van der Waals surface area contributed by atoms with Crippen LogP contribution >= 0.6 is 15.9 Å². The number of hydrogen-bond acceptors (Lipinski definition) is 7. The Morgan fingerprint density at radius 3 is 2.65 bits per heavy atom. The van der Waals surface area contributed by atoms with Gasteiger partial charge in [0.15, 0.2) is 17.0 Å². The number of nitrogens with zero attached hydrogens (tertiary/aromatic N) is 2. The van der Waals surface area contributed by atoms with Gasteiger partial charge in [0.1, 0.15) is 0 Å². The summed E-state index contributed by atoms with van der Waals surface area (Å²) in [5.74, 6) is 1.54. The molecule has 2 atom stereocenters. The van der Waals surface area contributed by atoms with E-state index in [9.17, 15) is 9.90 Å². The molecule has 0 aliphatic heterocycles. The van der Waals surface area contributed by atoms with Crippen molar-refractivity contribution in [3.05, 3.63) is 22.7 Å². The van der Waals surface area contributed by atoms with Crippen LogP contribution in [0.2, 0.25) is 0 Å². The Morgan fingerprint density at radius 1 is 1.23 bits per heavy atom. The van der Waals surface area contributed by atoms with E-state index in [0.29, 0.717) is 28.7 Å². The number of hydrogen-bond donors (Lipinski definition) is 1. The van der Waals surface area contributed by atoms with Crippen molar-refractivity contribution in [3.8, 4) is 11.7 Å². The fourth-order valence-corrected chi connectivity index (χ4v) is 5.88. The molecule has 2 unspecified atom stereocenters. The first-order valence-corrected chi connectivity index (χ1v) is 9.70. The first-order chi connectivity index (χ1) is 12.4. The molecule has 0 aromatic carbocycles. The lowest BCUT2D eigenvalue weighted by Gasteiger charge is -2.58. The minimum Gasteiger partial charge on any atom is -0.455 e. The molecule has 8 heteroatoms. The zero-order chi connectivity index (χ0) is 17.9. The molecule has 0 spiro atoms. The maximum atomic E-state index is 12.8. The van der Waals surface area contributed by atoms with Crippen LogP contribution in [0, 0.1) is 17.3 Å². The Kier molecular flexibility index (Phi) is 3.59. The summed E-state index contributed by atoms with van der Waals surface area (Å²) in [5.41, 5.74) is -1.24. The Balaban J connectivity index is 1.27. The molecular weight excluding hydrogens is 404 g/mol. The number of esters is 1. The Hall–Kier alpha value is -1.67. The third kappa shape index (κ3) is 2.70. The molecule has 138 valence electrons. The van der Waals surface area contributed by atoms with Gasteiger partial charge in [0.25, 0.3) is 11.8 Å². The van der Waals surface area contributed by atoms with Crippen LogP contribution in [0.4, 0.5) is 0 Å². The Bertz CT molecular complexity index is 845. The molecule has 2 aromatic heterocycles. The lowest BCUT2D eigenvalue weighted by atomic mass is 9.48. The second kappa shape index (κ2) is 5.66. The van der Waals surface area contributed by atoms with Gasteiger partial charge in [-0.25, -0.2) is 0 Å². The van der Waals surface area contributed by atoms with Crippen molar-refractivity contribution in [2.24, 2.45) is 17.3 Å². The molecule has 26 heavy (non-hydrogen) atoms. The summed E-state index contributed by atoms with van der Waals surface area (Å²) in [4.78, 5) is 12.8. The highest BCUT2D eigenvalue weighted by Crippen LogP contribution is 2.62. The zero-order valence-electron chi connectivity index (χ0n) is 14.1. The summed E-state index contributed by atoms with van der Waals surface area (Å²) in [7, 11) is 0. The van der Waals surface area contributed by atoms with E-state index in [-0.39, 0.29) is 24.4 Å². The first kappa shape index (κ1) is 16.5. The van der Waals surface area contributed by atoms with Crippen LogP contribution in [0.3, 0.4) is 0 Å². The monoisotopic (exact) mass is 422 g/mol. The van der Waals surface area contributed by atoms with Crippen molar-refractivity contribution < 1.29 is 23.5 Å². The number of halogens is 1. The summed E-state index contributed by atoms with van der Waals surface area (Å²) in [6.07, 6.45) is 4.93. The lowest BCUT2D eigenvalue weighted by molar-refractivity contribution is -0.197. The molecule has 1 N–H and O–H groups in total. The van der Waals surface area contributed by atoms with Crippen LogP contribution in [0.5, 0.6) is 0 Å². The van der Waals surface area contributed by atoms with Crippen LogP contribution < -0.4 is 0 Å². The third-order valence-corrected chi connectivity index (χ3v) is 6.47. The van der Waals surface area contributed by atoms with Crippen molar-refractivity contribution in [1.82, 2.24) is 10.2 Å². The second-order valence-corrected chi connectivity index (χ2v) is 8.93. The lowest BCUT2D eigenvalue weighted by Crippen LogP contribution is -2.58. The van der Waals surface area contributed by atoms with Crippen molar-refractivity contribution >= 4 is 21.9 Å². The van der Waals surface area contributed by atoms with E-state index in [1.807, 2.05) is 0 Å². The number of aliphatic hydroxyl groups is 1. The molecule has 4 aliphatic rings. The number of carbonyl (C=O) groups excluding carboxylic acids is 1. The van der Waals surface area contributed by atoms with Gasteiger partial charge in [-0.1, -0.05) is 0 Å². The highest BCUT2D eigenvalue weighted by atomic mass is 79.9. The quantitative estimate of drug-likeness (QED) is 0.752. The number of ether oxygens (including phenoxy) is 1. The zero-order valence-corrected chi connectivity index (χ0v) is 15.7. The maximum absolute atomic E-state index is 12.8. The Morgan fingerprint density at radius 2 is 2.00 bits per heavy atom. The van der Waals surface area contributed by atoms with Crippen molar-refractivity contribution in [2.45, 2.75) is 50.7 Å². The molecule has 4 fully saturated rings. The van der Waals surface area contributed by atoms with Crippen LogP contribution in [-0.2, 0) is 16.1 Å². The second-order valence-electron chi connectivity index (χ2n) is 8.15. The molecule has 4 aliphatic carbocycles. The van der Waals surface area contributed by atoms with E-state index in [0.717, 1.165) is 32.1 Å². The fourth-order valence-electron chi connectivity index (χ4n) is 5.57. The number of carbonyl (C=O) groups is 1. The fraction of sp³-hybridized carbons (Fsp3) is 0.611. The average Bonchev–Trinajstić information content (AvgIpc) is 3.19. The van der Waals surface area contributed by atoms with Crippen LogP contribution in [-0.4, -0.2) is 26.9 Å². The van der Waals surface area contributed by atoms with Gasteiger partial charge >= 0.3 is 5.97 Å². The first-order valence-electron chi connectivity index (χ1n) is 8.91. The minimum atomic E-state index is -0.687. The van der Waals surface area contributed by atoms with E-state index >= 15 is 0 Å². The van der Waals surface area contributed by atoms with Crippen molar-refractivity contribution in [3.63, 3.8) is 0 Å². The van der Waals surface area contributed by atoms with E-state index in [4.69, 9.17) is 13.6 Å². The topological polar surface area (TPSA) is 98.6 Å². The van der Waals surface area contributed by atoms with Gasteiger partial charge in [0.05, 0.1) is 11.0 Å².